The van der Waals surface area contributed by atoms with E-state index in [0.29, 0.717) is 23.7 Å². The van der Waals surface area contributed by atoms with Gasteiger partial charge in [-0.3, -0.25) is 0 Å². The predicted molar refractivity (Wildman–Crippen MR) is 131 cm³/mol. The number of carbonyl (C=O) groups is 1. The first-order chi connectivity index (χ1) is 17.9. The second-order valence-electron chi connectivity index (χ2n) is 9.91. The molecule has 1 atom stereocenters. The Balaban J connectivity index is 1.27. The van der Waals surface area contributed by atoms with Crippen molar-refractivity contribution in [1.29, 1.82) is 0 Å². The highest BCUT2D eigenvalue weighted by Gasteiger charge is 2.30. The number of halogens is 4. The maximum Gasteiger partial charge on any atom is 0.343 e. The Labute approximate surface area is 213 Å². The van der Waals surface area contributed by atoms with Crippen LogP contribution in [-0.4, -0.2) is 12.6 Å². The van der Waals surface area contributed by atoms with Crippen molar-refractivity contribution in [3.05, 3.63) is 88.5 Å². The first-order valence-corrected chi connectivity index (χ1v) is 12.8. The van der Waals surface area contributed by atoms with Crippen molar-refractivity contribution in [2.24, 2.45) is 5.92 Å². The third kappa shape index (κ3) is 5.28. The molecule has 2 fully saturated rings. The average Bonchev–Trinajstić information content (AvgIpc) is 3.75. The number of carbonyl (C=O) groups excluding carboxylic acids is 1. The molecule has 5 rings (SSSR count). The predicted octanol–water partition coefficient (Wildman–Crippen LogP) is 8.27. The fraction of sp³-hybridized carbons (Fsp3) is 0.367. The van der Waals surface area contributed by atoms with E-state index < -0.39 is 41.1 Å². The minimum absolute atomic E-state index is 0.0363. The van der Waals surface area contributed by atoms with Crippen LogP contribution in [-0.2, 0) is 4.74 Å². The van der Waals surface area contributed by atoms with Gasteiger partial charge in [-0.15, -0.1) is 0 Å². The van der Waals surface area contributed by atoms with Crippen molar-refractivity contribution in [2.45, 2.75) is 57.5 Å². The topological polar surface area (TPSA) is 38.8 Å². The summed E-state index contributed by atoms with van der Waals surface area (Å²) in [5.41, 5.74) is 0.947. The Hall–Kier alpha value is -3.19. The number of hydrogen-bond donors (Lipinski definition) is 0. The minimum atomic E-state index is -1.18. The summed E-state index contributed by atoms with van der Waals surface area (Å²) in [7, 11) is 0. The van der Waals surface area contributed by atoms with Gasteiger partial charge in [0.2, 0.25) is 5.82 Å². The molecule has 0 bridgehead atoms. The van der Waals surface area contributed by atoms with Crippen molar-refractivity contribution >= 4 is 5.97 Å². The SMILES string of the molecule is CCCC1CCC(c2ccc(OC(=O)c3ccc(-c4ccc(C5CO5)c(F)c4F)cc3)c(F)c2F)CC1. The average molecular weight is 513 g/mol. The minimum Gasteiger partial charge on any atom is -0.420 e. The van der Waals surface area contributed by atoms with Gasteiger partial charge < -0.3 is 9.47 Å². The molecular weight excluding hydrogens is 484 g/mol. The standard InChI is InChI=1S/C30H28F4O3/c1-2-3-17-4-6-18(7-5-17)22-14-15-24(29(34)27(22)32)37-30(35)20-10-8-19(9-11-20)21-12-13-23(25-16-36-25)28(33)26(21)31/h8-15,17-18,25H,2-7,16H2,1H3. The highest BCUT2D eigenvalue weighted by Crippen LogP contribution is 2.40. The van der Waals surface area contributed by atoms with Crippen LogP contribution in [0.25, 0.3) is 11.1 Å². The number of ether oxygens (including phenoxy) is 2. The fourth-order valence-electron chi connectivity index (χ4n) is 5.32. The van der Waals surface area contributed by atoms with Crippen molar-refractivity contribution < 1.29 is 31.8 Å². The molecule has 3 aromatic rings. The highest BCUT2D eigenvalue weighted by molar-refractivity contribution is 5.91. The van der Waals surface area contributed by atoms with Crippen LogP contribution in [0.1, 0.15) is 79.0 Å². The second-order valence-corrected chi connectivity index (χ2v) is 9.91. The van der Waals surface area contributed by atoms with E-state index >= 15 is 0 Å². The van der Waals surface area contributed by atoms with Crippen molar-refractivity contribution in [1.82, 2.24) is 0 Å². The first-order valence-electron chi connectivity index (χ1n) is 12.8. The van der Waals surface area contributed by atoms with E-state index in [0.717, 1.165) is 38.5 Å². The molecule has 0 spiro atoms. The maximum atomic E-state index is 14.9. The maximum absolute atomic E-state index is 14.9. The molecular formula is C30H28F4O3. The number of esters is 1. The highest BCUT2D eigenvalue weighted by atomic mass is 19.2. The lowest BCUT2D eigenvalue weighted by atomic mass is 9.77. The van der Waals surface area contributed by atoms with E-state index in [1.165, 1.54) is 48.5 Å². The van der Waals surface area contributed by atoms with Gasteiger partial charge in [0.1, 0.15) is 6.10 Å². The quantitative estimate of drug-likeness (QED) is 0.138. The summed E-state index contributed by atoms with van der Waals surface area (Å²) in [5, 5.41) is 0. The number of hydrogen-bond acceptors (Lipinski definition) is 3. The molecule has 0 amide bonds. The molecule has 1 heterocycles. The lowest BCUT2D eigenvalue weighted by Crippen LogP contribution is -2.15. The van der Waals surface area contributed by atoms with E-state index in [2.05, 4.69) is 6.92 Å². The Morgan fingerprint density at radius 1 is 0.838 bits per heavy atom. The number of rotatable bonds is 7. The molecule has 1 aliphatic heterocycles. The van der Waals surface area contributed by atoms with Gasteiger partial charge in [-0.05, 0) is 66.8 Å². The Kier molecular flexibility index (Phi) is 7.33. The third-order valence-corrected chi connectivity index (χ3v) is 7.49. The zero-order valence-corrected chi connectivity index (χ0v) is 20.5. The second kappa shape index (κ2) is 10.7. The smallest absolute Gasteiger partial charge is 0.343 e. The van der Waals surface area contributed by atoms with Gasteiger partial charge in [0.25, 0.3) is 0 Å². The summed E-state index contributed by atoms with van der Waals surface area (Å²) in [4.78, 5) is 12.6. The van der Waals surface area contributed by atoms with E-state index in [-0.39, 0.29) is 22.6 Å². The molecule has 1 unspecified atom stereocenters. The molecule has 2 aliphatic rings. The van der Waals surface area contributed by atoms with E-state index in [1.54, 1.807) is 0 Å². The Morgan fingerprint density at radius 3 is 2.14 bits per heavy atom. The van der Waals surface area contributed by atoms with Crippen LogP contribution in [0.15, 0.2) is 48.5 Å². The molecule has 1 saturated carbocycles. The molecule has 1 saturated heterocycles. The monoisotopic (exact) mass is 512 g/mol. The van der Waals surface area contributed by atoms with Gasteiger partial charge in [-0.25, -0.2) is 18.0 Å². The fourth-order valence-corrected chi connectivity index (χ4v) is 5.32. The Morgan fingerprint density at radius 2 is 1.49 bits per heavy atom. The summed E-state index contributed by atoms with van der Waals surface area (Å²) in [6, 6.07) is 11.3. The summed E-state index contributed by atoms with van der Waals surface area (Å²) < 4.78 is 68.8. The van der Waals surface area contributed by atoms with Crippen molar-refractivity contribution in [2.75, 3.05) is 6.61 Å². The number of epoxide rings is 1. The molecule has 0 aromatic heterocycles. The van der Waals surface area contributed by atoms with Crippen LogP contribution in [0.4, 0.5) is 17.6 Å². The van der Waals surface area contributed by atoms with Crippen LogP contribution < -0.4 is 4.74 Å². The van der Waals surface area contributed by atoms with Gasteiger partial charge >= 0.3 is 5.97 Å². The molecule has 3 nitrogen and oxygen atoms in total. The molecule has 7 heteroatoms. The van der Waals surface area contributed by atoms with E-state index in [4.69, 9.17) is 9.47 Å². The van der Waals surface area contributed by atoms with Gasteiger partial charge in [0, 0.05) is 11.1 Å². The third-order valence-electron chi connectivity index (χ3n) is 7.49. The van der Waals surface area contributed by atoms with Gasteiger partial charge in [-0.1, -0.05) is 50.1 Å². The normalized spacial score (nSPS) is 21.1. The molecule has 37 heavy (non-hydrogen) atoms. The van der Waals surface area contributed by atoms with Crippen molar-refractivity contribution in [3.8, 4) is 16.9 Å². The molecule has 194 valence electrons. The zero-order chi connectivity index (χ0) is 26.1. The summed E-state index contributed by atoms with van der Waals surface area (Å²) in [6.45, 7) is 2.51. The zero-order valence-electron chi connectivity index (χ0n) is 20.5. The first kappa shape index (κ1) is 25.5. The van der Waals surface area contributed by atoms with Gasteiger partial charge in [-0.2, -0.15) is 4.39 Å². The van der Waals surface area contributed by atoms with Crippen LogP contribution >= 0.6 is 0 Å². The lowest BCUT2D eigenvalue weighted by molar-refractivity contribution is 0.0726. The van der Waals surface area contributed by atoms with Crippen LogP contribution in [0.3, 0.4) is 0 Å². The van der Waals surface area contributed by atoms with Crippen molar-refractivity contribution in [3.63, 3.8) is 0 Å². The molecule has 0 N–H and O–H groups in total. The van der Waals surface area contributed by atoms with E-state index in [9.17, 15) is 22.4 Å². The number of benzene rings is 3. The largest absolute Gasteiger partial charge is 0.420 e. The van der Waals surface area contributed by atoms with Gasteiger partial charge in [0.05, 0.1) is 12.2 Å². The lowest BCUT2D eigenvalue weighted by Gasteiger charge is -2.29. The summed E-state index contributed by atoms with van der Waals surface area (Å²) >= 11 is 0. The van der Waals surface area contributed by atoms with Crippen LogP contribution in [0, 0.1) is 29.2 Å². The summed E-state index contributed by atoms with van der Waals surface area (Å²) in [5.74, 6) is -4.89. The van der Waals surface area contributed by atoms with Gasteiger partial charge in [0.15, 0.2) is 23.2 Å². The molecule has 3 aromatic carbocycles. The molecule has 1 aliphatic carbocycles. The summed E-state index contributed by atoms with van der Waals surface area (Å²) in [6.07, 6.45) is 5.50. The molecule has 0 radical (unpaired) electrons. The Bertz CT molecular complexity index is 1290. The van der Waals surface area contributed by atoms with E-state index in [1.807, 2.05) is 0 Å². The van der Waals surface area contributed by atoms with Crippen LogP contribution in [0.2, 0.25) is 0 Å². The van der Waals surface area contributed by atoms with Crippen LogP contribution in [0.5, 0.6) is 5.75 Å².